The molecule has 0 aromatic heterocycles. The smallest absolute Gasteiger partial charge is 0.322 e. The molecule has 7 heteroatoms. The first-order chi connectivity index (χ1) is 6.84. The average molecular weight is 234 g/mol. The van der Waals surface area contributed by atoms with E-state index >= 15 is 0 Å². The number of nitrogens with one attached hydrogen (secondary N) is 1. The normalized spacial score (nSPS) is 15.3. The van der Waals surface area contributed by atoms with Crippen LogP contribution in [0.3, 0.4) is 0 Å². The molecule has 0 heterocycles. The molecule has 0 saturated heterocycles. The van der Waals surface area contributed by atoms with E-state index in [1.54, 1.807) is 13.8 Å². The highest BCUT2D eigenvalue weighted by molar-refractivity contribution is 7.89. The van der Waals surface area contributed by atoms with Gasteiger partial charge in [0, 0.05) is 0 Å². The third kappa shape index (κ3) is 4.76. The molecule has 0 amide bonds. The van der Waals surface area contributed by atoms with Crippen LogP contribution in [0.2, 0.25) is 0 Å². The third-order valence-corrected chi connectivity index (χ3v) is 3.16. The van der Waals surface area contributed by atoms with Gasteiger partial charge in [-0.1, -0.05) is 20.3 Å². The van der Waals surface area contributed by atoms with Gasteiger partial charge < -0.3 is 5.11 Å². The van der Waals surface area contributed by atoms with Crippen molar-refractivity contribution in [2.24, 2.45) is 5.92 Å². The second-order valence-corrected chi connectivity index (χ2v) is 4.99. The lowest BCUT2D eigenvalue weighted by Gasteiger charge is -2.19. The second-order valence-electron chi connectivity index (χ2n) is 3.24. The first-order valence-corrected chi connectivity index (χ1v) is 6.09. The minimum absolute atomic E-state index is 0.323. The van der Waals surface area contributed by atoms with E-state index < -0.39 is 27.8 Å². The summed E-state index contributed by atoms with van der Waals surface area (Å²) in [6.07, 6.45) is 0.534. The van der Waals surface area contributed by atoms with Crippen LogP contribution in [-0.2, 0) is 14.8 Å². The second kappa shape index (κ2) is 5.68. The van der Waals surface area contributed by atoms with E-state index in [1.165, 1.54) is 6.07 Å². The summed E-state index contributed by atoms with van der Waals surface area (Å²) in [5, 5.41) is 17.0. The fourth-order valence-corrected chi connectivity index (χ4v) is 1.94. The molecular weight excluding hydrogens is 220 g/mol. The van der Waals surface area contributed by atoms with E-state index in [1.807, 2.05) is 4.72 Å². The number of nitrogens with zero attached hydrogens (tertiary/aromatic N) is 1. The van der Waals surface area contributed by atoms with Gasteiger partial charge in [-0.05, 0) is 5.92 Å². The molecule has 0 saturated carbocycles. The average Bonchev–Trinajstić information content (AvgIpc) is 2.12. The fraction of sp³-hybridized carbons (Fsp3) is 0.750. The maximum absolute atomic E-state index is 11.2. The number of rotatable bonds is 6. The Kier molecular flexibility index (Phi) is 5.25. The van der Waals surface area contributed by atoms with Crippen molar-refractivity contribution in [1.82, 2.24) is 4.72 Å². The summed E-state index contributed by atoms with van der Waals surface area (Å²) in [4.78, 5) is 10.8. The van der Waals surface area contributed by atoms with E-state index in [2.05, 4.69) is 0 Å². The maximum atomic E-state index is 11.2. The summed E-state index contributed by atoms with van der Waals surface area (Å²) in [5.74, 6) is -2.28. The highest BCUT2D eigenvalue weighted by atomic mass is 32.2. The lowest BCUT2D eigenvalue weighted by molar-refractivity contribution is -0.140. The van der Waals surface area contributed by atoms with Crippen molar-refractivity contribution in [2.45, 2.75) is 26.3 Å². The van der Waals surface area contributed by atoms with Gasteiger partial charge in [-0.2, -0.15) is 9.98 Å². The van der Waals surface area contributed by atoms with E-state index in [-0.39, 0.29) is 5.92 Å². The number of carbonyl (C=O) groups is 1. The third-order valence-electron chi connectivity index (χ3n) is 2.04. The molecule has 0 aliphatic rings. The fourth-order valence-electron chi connectivity index (χ4n) is 0.966. The van der Waals surface area contributed by atoms with E-state index in [9.17, 15) is 13.2 Å². The zero-order valence-electron chi connectivity index (χ0n) is 8.60. The van der Waals surface area contributed by atoms with Crippen LogP contribution in [0.15, 0.2) is 0 Å². The molecule has 0 aliphatic heterocycles. The summed E-state index contributed by atoms with van der Waals surface area (Å²) < 4.78 is 24.3. The SMILES string of the molecule is CC[C@H](C)[C@H](NS(=O)(=O)CC#N)C(=O)O. The number of sulfonamides is 1. The Balaban J connectivity index is 4.71. The van der Waals surface area contributed by atoms with E-state index in [4.69, 9.17) is 10.4 Å². The van der Waals surface area contributed by atoms with Crippen LogP contribution >= 0.6 is 0 Å². The number of hydrogen-bond donors (Lipinski definition) is 2. The van der Waals surface area contributed by atoms with Gasteiger partial charge in [-0.15, -0.1) is 0 Å². The molecule has 0 spiro atoms. The van der Waals surface area contributed by atoms with Crippen LogP contribution in [0.1, 0.15) is 20.3 Å². The molecule has 0 radical (unpaired) electrons. The summed E-state index contributed by atoms with van der Waals surface area (Å²) in [5.41, 5.74) is 0. The maximum Gasteiger partial charge on any atom is 0.322 e. The van der Waals surface area contributed by atoms with Gasteiger partial charge in [0.2, 0.25) is 10.0 Å². The van der Waals surface area contributed by atoms with Gasteiger partial charge >= 0.3 is 5.97 Å². The predicted octanol–water partition coefficient (Wildman–Crippen LogP) is -0.0713. The monoisotopic (exact) mass is 234 g/mol. The van der Waals surface area contributed by atoms with Gasteiger partial charge in [0.25, 0.3) is 0 Å². The van der Waals surface area contributed by atoms with Gasteiger partial charge in [0.15, 0.2) is 5.75 Å². The molecule has 0 aromatic rings. The predicted molar refractivity (Wildman–Crippen MR) is 53.4 cm³/mol. The highest BCUT2D eigenvalue weighted by Crippen LogP contribution is 2.09. The Bertz CT molecular complexity index is 357. The Morgan fingerprint density at radius 1 is 1.60 bits per heavy atom. The Morgan fingerprint density at radius 3 is 2.47 bits per heavy atom. The van der Waals surface area contributed by atoms with Crippen LogP contribution in [0.5, 0.6) is 0 Å². The van der Waals surface area contributed by atoms with Crippen molar-refractivity contribution in [2.75, 3.05) is 5.75 Å². The highest BCUT2D eigenvalue weighted by Gasteiger charge is 2.28. The lowest BCUT2D eigenvalue weighted by atomic mass is 10.0. The zero-order valence-corrected chi connectivity index (χ0v) is 9.41. The molecule has 0 aliphatic carbocycles. The largest absolute Gasteiger partial charge is 0.480 e. The molecule has 6 nitrogen and oxygen atoms in total. The van der Waals surface area contributed by atoms with Gasteiger partial charge in [-0.3, -0.25) is 4.79 Å². The first kappa shape index (κ1) is 13.9. The van der Waals surface area contributed by atoms with Crippen molar-refractivity contribution in [1.29, 1.82) is 5.26 Å². The lowest BCUT2D eigenvalue weighted by Crippen LogP contribution is -2.45. The first-order valence-electron chi connectivity index (χ1n) is 4.43. The quantitative estimate of drug-likeness (QED) is 0.668. The molecule has 86 valence electrons. The Morgan fingerprint density at radius 2 is 2.13 bits per heavy atom. The Labute approximate surface area is 89.0 Å². The number of nitriles is 1. The molecule has 2 atom stereocenters. The van der Waals surface area contributed by atoms with Crippen molar-refractivity contribution in [3.63, 3.8) is 0 Å². The van der Waals surface area contributed by atoms with Gasteiger partial charge in [0.05, 0.1) is 6.07 Å². The minimum Gasteiger partial charge on any atom is -0.480 e. The summed E-state index contributed by atoms with van der Waals surface area (Å²) >= 11 is 0. The number of hydrogen-bond acceptors (Lipinski definition) is 4. The van der Waals surface area contributed by atoms with Gasteiger partial charge in [-0.25, -0.2) is 8.42 Å². The van der Waals surface area contributed by atoms with Crippen LogP contribution in [0.25, 0.3) is 0 Å². The summed E-state index contributed by atoms with van der Waals surface area (Å²) in [7, 11) is -3.82. The van der Waals surface area contributed by atoms with Crippen LogP contribution in [0.4, 0.5) is 0 Å². The summed E-state index contributed by atoms with van der Waals surface area (Å²) in [6, 6.07) is 0.293. The van der Waals surface area contributed by atoms with Crippen molar-refractivity contribution < 1.29 is 18.3 Å². The Hall–Kier alpha value is -1.13. The molecule has 0 bridgehead atoms. The van der Waals surface area contributed by atoms with Crippen molar-refractivity contribution >= 4 is 16.0 Å². The van der Waals surface area contributed by atoms with E-state index in [0.29, 0.717) is 6.42 Å². The summed E-state index contributed by atoms with van der Waals surface area (Å²) in [6.45, 7) is 3.40. The molecular formula is C8H14N2O4S. The minimum atomic E-state index is -3.82. The molecule has 0 fully saturated rings. The molecule has 15 heavy (non-hydrogen) atoms. The molecule has 0 rings (SSSR count). The van der Waals surface area contributed by atoms with E-state index in [0.717, 1.165) is 0 Å². The van der Waals surface area contributed by atoms with Gasteiger partial charge in [0.1, 0.15) is 6.04 Å². The van der Waals surface area contributed by atoms with Crippen LogP contribution in [-0.4, -0.2) is 31.3 Å². The number of aliphatic carboxylic acids is 1. The molecule has 2 N–H and O–H groups in total. The number of carboxylic acids is 1. The zero-order chi connectivity index (χ0) is 12.1. The number of carboxylic acid groups (broad SMARTS) is 1. The standard InChI is InChI=1S/C8H14N2O4S/c1-3-6(2)7(8(11)12)10-15(13,14)5-4-9/h6-7,10H,3,5H2,1-2H3,(H,11,12)/t6-,7-/m0/s1. The van der Waals surface area contributed by atoms with Crippen molar-refractivity contribution in [3.05, 3.63) is 0 Å². The molecule has 0 unspecified atom stereocenters. The van der Waals surface area contributed by atoms with Crippen molar-refractivity contribution in [3.8, 4) is 6.07 Å². The van der Waals surface area contributed by atoms with Crippen LogP contribution < -0.4 is 4.72 Å². The topological polar surface area (TPSA) is 107 Å². The molecule has 0 aromatic carbocycles. The van der Waals surface area contributed by atoms with Crippen LogP contribution in [0, 0.1) is 17.2 Å².